The molecule has 0 aliphatic rings. The largest absolute Gasteiger partial charge is 0.481 e. The fourth-order valence-corrected chi connectivity index (χ4v) is 4.99. The molecule has 5 aromatic rings. The van der Waals surface area contributed by atoms with E-state index in [1.165, 1.54) is 24.4 Å². The predicted octanol–water partition coefficient (Wildman–Crippen LogP) is 8.13. The van der Waals surface area contributed by atoms with E-state index in [-0.39, 0.29) is 33.9 Å². The topological polar surface area (TPSA) is 91.0 Å². The number of benzene rings is 3. The molecule has 0 fully saturated rings. The monoisotopic (exact) mass is 547 g/mol. The van der Waals surface area contributed by atoms with E-state index in [1.54, 1.807) is 19.2 Å². The van der Waals surface area contributed by atoms with Crippen LogP contribution in [0, 0.1) is 22.9 Å². The number of hydrogen-bond donors (Lipinski definition) is 3. The predicted molar refractivity (Wildman–Crippen MR) is 146 cm³/mol. The van der Waals surface area contributed by atoms with Gasteiger partial charge in [0, 0.05) is 35.5 Å². The van der Waals surface area contributed by atoms with E-state index in [9.17, 15) is 23.1 Å². The first kappa shape index (κ1) is 27.1. The van der Waals surface area contributed by atoms with Crippen LogP contribution in [0.5, 0.6) is 11.5 Å². The molecule has 0 bridgehead atoms. The van der Waals surface area contributed by atoms with Crippen LogP contribution in [0.2, 0.25) is 0 Å². The van der Waals surface area contributed by atoms with Crippen molar-refractivity contribution in [1.82, 2.24) is 15.0 Å². The molecule has 0 radical (unpaired) electrons. The van der Waals surface area contributed by atoms with Crippen LogP contribution in [-0.2, 0) is 4.79 Å². The molecule has 2 unspecified atom stereocenters. The Balaban J connectivity index is 1.50. The van der Waals surface area contributed by atoms with Crippen molar-refractivity contribution in [3.05, 3.63) is 101 Å². The van der Waals surface area contributed by atoms with Crippen LogP contribution in [0.4, 0.5) is 13.2 Å². The van der Waals surface area contributed by atoms with Gasteiger partial charge in [0.1, 0.15) is 17.4 Å². The Morgan fingerprint density at radius 3 is 2.48 bits per heavy atom. The molecule has 2 aromatic heterocycles. The second-order valence-corrected chi connectivity index (χ2v) is 10.9. The second-order valence-electron chi connectivity index (χ2n) is 10.9. The first-order chi connectivity index (χ1) is 18.9. The number of nitrogens with one attached hydrogen (secondary N) is 2. The molecule has 3 N–H and O–H groups in total. The van der Waals surface area contributed by atoms with Gasteiger partial charge in [0.15, 0.2) is 17.4 Å². The van der Waals surface area contributed by atoms with Crippen LogP contribution >= 0.6 is 0 Å². The molecule has 2 heterocycles. The molecular formula is C31H28F3N3O3. The van der Waals surface area contributed by atoms with Gasteiger partial charge in [-0.15, -0.1) is 0 Å². The highest BCUT2D eigenvalue weighted by Gasteiger charge is 2.31. The van der Waals surface area contributed by atoms with Gasteiger partial charge in [0.05, 0.1) is 17.0 Å². The number of aliphatic carboxylic acids is 1. The van der Waals surface area contributed by atoms with Crippen LogP contribution in [-0.4, -0.2) is 26.0 Å². The summed E-state index contributed by atoms with van der Waals surface area (Å²) in [4.78, 5) is 21.9. The summed E-state index contributed by atoms with van der Waals surface area (Å²) in [5, 5.41) is 9.65. The Kier molecular flexibility index (Phi) is 6.91. The number of H-pyrrole nitrogens is 2. The van der Waals surface area contributed by atoms with Gasteiger partial charge in [-0.2, -0.15) is 0 Å². The number of rotatable bonds is 7. The number of carboxylic acid groups (broad SMARTS) is 1. The fraction of sp³-hybridized carbons (Fsp3) is 0.226. The number of carboxylic acids is 1. The van der Waals surface area contributed by atoms with Crippen LogP contribution in [0.15, 0.2) is 67.0 Å². The van der Waals surface area contributed by atoms with E-state index < -0.39 is 35.1 Å². The van der Waals surface area contributed by atoms with Crippen LogP contribution in [0.1, 0.15) is 56.4 Å². The van der Waals surface area contributed by atoms with Crippen molar-refractivity contribution in [2.24, 2.45) is 5.41 Å². The molecule has 0 amide bonds. The van der Waals surface area contributed by atoms with Gasteiger partial charge in [0.25, 0.3) is 0 Å². The average Bonchev–Trinajstić information content (AvgIpc) is 3.56. The summed E-state index contributed by atoms with van der Waals surface area (Å²) < 4.78 is 50.1. The zero-order valence-corrected chi connectivity index (χ0v) is 22.4. The maximum absolute atomic E-state index is 15.0. The molecule has 0 saturated carbocycles. The molecule has 0 aliphatic heterocycles. The summed E-state index contributed by atoms with van der Waals surface area (Å²) in [6, 6.07) is 13.8. The van der Waals surface area contributed by atoms with Gasteiger partial charge in [-0.3, -0.25) is 4.79 Å². The maximum Gasteiger partial charge on any atom is 0.310 e. The molecule has 6 nitrogen and oxygen atoms in total. The minimum atomic E-state index is -0.918. The summed E-state index contributed by atoms with van der Waals surface area (Å²) >= 11 is 0. The van der Waals surface area contributed by atoms with E-state index in [4.69, 9.17) is 4.74 Å². The quantitative estimate of drug-likeness (QED) is 0.192. The summed E-state index contributed by atoms with van der Waals surface area (Å²) in [7, 11) is 0. The number of carbonyl (C=O) groups is 1. The van der Waals surface area contributed by atoms with Crippen LogP contribution in [0.3, 0.4) is 0 Å². The van der Waals surface area contributed by atoms with Gasteiger partial charge >= 0.3 is 5.97 Å². The first-order valence-electron chi connectivity index (χ1n) is 12.7. The number of nitrogens with zero attached hydrogens (tertiary/aromatic N) is 1. The van der Waals surface area contributed by atoms with E-state index in [0.29, 0.717) is 16.8 Å². The Morgan fingerprint density at radius 1 is 1.00 bits per heavy atom. The molecule has 0 aliphatic carbocycles. The fourth-order valence-electron chi connectivity index (χ4n) is 4.99. The number of ether oxygens (including phenoxy) is 1. The van der Waals surface area contributed by atoms with Crippen molar-refractivity contribution in [3.8, 4) is 22.9 Å². The number of fused-ring (bicyclic) bond motifs is 1. The molecular weight excluding hydrogens is 519 g/mol. The van der Waals surface area contributed by atoms with E-state index >= 15 is 0 Å². The number of imidazole rings is 1. The number of halogens is 3. The Hall–Kier alpha value is -4.53. The van der Waals surface area contributed by atoms with Gasteiger partial charge in [-0.25, -0.2) is 18.2 Å². The molecule has 5 rings (SSSR count). The third-order valence-electron chi connectivity index (χ3n) is 7.00. The van der Waals surface area contributed by atoms with Crippen molar-refractivity contribution in [2.45, 2.75) is 39.5 Å². The minimum absolute atomic E-state index is 0.0322. The van der Waals surface area contributed by atoms with Crippen molar-refractivity contribution in [3.63, 3.8) is 0 Å². The van der Waals surface area contributed by atoms with E-state index in [2.05, 4.69) is 15.0 Å². The molecule has 2 atom stereocenters. The summed E-state index contributed by atoms with van der Waals surface area (Å²) in [6.45, 7) is 7.77. The van der Waals surface area contributed by atoms with E-state index in [1.807, 2.05) is 39.0 Å². The van der Waals surface area contributed by atoms with Crippen LogP contribution < -0.4 is 4.74 Å². The Labute approximate surface area is 228 Å². The standard InChI is InChI=1S/C31H28F3N3O3/c1-16(30(38)39)17-6-5-7-18(12-17)26(31(2,3)4)25-15-36-29(37-25)21-13-19(8-9-22(21)32)40-28-23(33)14-24-20(27(28)34)10-11-35-24/h5-16,26,35H,1-4H3,(H,36,37)(H,38,39). The SMILES string of the molecule is CC(C(=O)O)c1cccc(C(c2cnc(-c3cc(Oc4c(F)cc5[nH]ccc5c4F)ccc3F)[nH]2)C(C)(C)C)c1. The Morgan fingerprint density at radius 2 is 1.75 bits per heavy atom. The zero-order chi connectivity index (χ0) is 28.8. The molecule has 40 heavy (non-hydrogen) atoms. The normalized spacial score (nSPS) is 13.4. The van der Waals surface area contributed by atoms with Gasteiger partial charge in [-0.05, 0) is 47.7 Å². The van der Waals surface area contributed by atoms with Gasteiger partial charge in [-0.1, -0.05) is 45.0 Å². The highest BCUT2D eigenvalue weighted by Crippen LogP contribution is 2.41. The molecule has 3 aromatic carbocycles. The Bertz CT molecular complexity index is 1720. The molecule has 0 saturated heterocycles. The second kappa shape index (κ2) is 10.2. The molecule has 9 heteroatoms. The third kappa shape index (κ3) is 5.06. The lowest BCUT2D eigenvalue weighted by Crippen LogP contribution is -2.20. The maximum atomic E-state index is 15.0. The number of aromatic nitrogens is 3. The molecule has 0 spiro atoms. The number of hydrogen-bond acceptors (Lipinski definition) is 3. The summed E-state index contributed by atoms with van der Waals surface area (Å²) in [6.07, 6.45) is 3.11. The average molecular weight is 548 g/mol. The highest BCUT2D eigenvalue weighted by atomic mass is 19.1. The van der Waals surface area contributed by atoms with Gasteiger partial charge < -0.3 is 19.8 Å². The summed E-state index contributed by atoms with van der Waals surface area (Å²) in [5.74, 6) is -4.53. The molecule has 206 valence electrons. The van der Waals surface area contributed by atoms with Crippen molar-refractivity contribution < 1.29 is 27.8 Å². The lowest BCUT2D eigenvalue weighted by molar-refractivity contribution is -0.138. The lowest BCUT2D eigenvalue weighted by Gasteiger charge is -2.31. The van der Waals surface area contributed by atoms with Crippen molar-refractivity contribution >= 4 is 16.9 Å². The minimum Gasteiger partial charge on any atom is -0.481 e. The van der Waals surface area contributed by atoms with Crippen molar-refractivity contribution in [2.75, 3.05) is 0 Å². The van der Waals surface area contributed by atoms with E-state index in [0.717, 1.165) is 17.7 Å². The zero-order valence-electron chi connectivity index (χ0n) is 22.4. The lowest BCUT2D eigenvalue weighted by atomic mass is 9.74. The third-order valence-corrected chi connectivity index (χ3v) is 7.00. The van der Waals surface area contributed by atoms with Crippen molar-refractivity contribution in [1.29, 1.82) is 0 Å². The highest BCUT2D eigenvalue weighted by molar-refractivity contribution is 5.82. The smallest absolute Gasteiger partial charge is 0.310 e. The van der Waals surface area contributed by atoms with Crippen LogP contribution in [0.25, 0.3) is 22.3 Å². The number of aromatic amines is 2. The van der Waals surface area contributed by atoms with Gasteiger partial charge in [0.2, 0.25) is 0 Å². The summed E-state index contributed by atoms with van der Waals surface area (Å²) in [5.41, 5.74) is 2.30. The first-order valence-corrected chi connectivity index (χ1v) is 12.7.